The van der Waals surface area contributed by atoms with E-state index < -0.39 is 5.60 Å². The lowest BCUT2D eigenvalue weighted by atomic mass is 9.96. The monoisotopic (exact) mass is 548 g/mol. The van der Waals surface area contributed by atoms with E-state index in [-0.39, 0.29) is 43.8 Å². The molecule has 4 rings (SSSR count). The molecule has 3 aromatic rings. The molecule has 2 amide bonds. The standard InChI is InChI=1S/C32H37FN2O5/c1-24(2)21-38-28-13-9-26(10-14-28)31(37)35-17-18-40-32(22-35,23-39-29-15-11-27(33)12-16-29)19-30(36)34(3)20-25-7-5-4-6-8-25/h4-16,24H,17-23H2,1-3H3/t32-/m0/s1. The zero-order chi connectivity index (χ0) is 28.5. The number of amides is 2. The van der Waals surface area contributed by atoms with E-state index >= 15 is 0 Å². The summed E-state index contributed by atoms with van der Waals surface area (Å²) in [5.74, 6) is 0.902. The number of halogens is 1. The first kappa shape index (κ1) is 29.1. The maximum Gasteiger partial charge on any atom is 0.254 e. The van der Waals surface area contributed by atoms with Crippen LogP contribution in [0.3, 0.4) is 0 Å². The Bertz CT molecular complexity index is 1250. The quantitative estimate of drug-likeness (QED) is 0.330. The molecule has 1 fully saturated rings. The minimum absolute atomic E-state index is 0.0172. The van der Waals surface area contributed by atoms with Gasteiger partial charge < -0.3 is 24.0 Å². The fraction of sp³-hybridized carbons (Fsp3) is 0.375. The molecule has 0 aliphatic carbocycles. The molecule has 8 heteroatoms. The van der Waals surface area contributed by atoms with Gasteiger partial charge in [0.1, 0.15) is 29.5 Å². The van der Waals surface area contributed by atoms with Crippen LogP contribution in [0, 0.1) is 11.7 Å². The summed E-state index contributed by atoms with van der Waals surface area (Å²) in [6.07, 6.45) is 0.0172. The highest BCUT2D eigenvalue weighted by molar-refractivity contribution is 5.94. The first-order valence-corrected chi connectivity index (χ1v) is 13.6. The minimum Gasteiger partial charge on any atom is -0.493 e. The molecular formula is C32H37FN2O5. The molecule has 3 aromatic carbocycles. The highest BCUT2D eigenvalue weighted by Gasteiger charge is 2.42. The lowest BCUT2D eigenvalue weighted by Gasteiger charge is -2.42. The predicted octanol–water partition coefficient (Wildman–Crippen LogP) is 5.20. The summed E-state index contributed by atoms with van der Waals surface area (Å²) in [6, 6.07) is 22.5. The number of benzene rings is 3. The molecule has 1 heterocycles. The molecule has 0 bridgehead atoms. The van der Waals surface area contributed by atoms with Gasteiger partial charge in [0.15, 0.2) is 0 Å². The van der Waals surface area contributed by atoms with Crippen LogP contribution >= 0.6 is 0 Å². The molecule has 0 aromatic heterocycles. The second-order valence-electron chi connectivity index (χ2n) is 10.6. The number of hydrogen-bond acceptors (Lipinski definition) is 5. The fourth-order valence-corrected chi connectivity index (χ4v) is 4.50. The maximum atomic E-state index is 13.5. The summed E-state index contributed by atoms with van der Waals surface area (Å²) in [5.41, 5.74) is 0.460. The van der Waals surface area contributed by atoms with Crippen LogP contribution in [0.15, 0.2) is 78.9 Å². The zero-order valence-electron chi connectivity index (χ0n) is 23.3. The summed E-state index contributed by atoms with van der Waals surface area (Å²) in [7, 11) is 1.75. The van der Waals surface area contributed by atoms with Gasteiger partial charge in [-0.1, -0.05) is 44.2 Å². The van der Waals surface area contributed by atoms with E-state index in [1.54, 1.807) is 41.1 Å². The van der Waals surface area contributed by atoms with E-state index in [4.69, 9.17) is 14.2 Å². The highest BCUT2D eigenvalue weighted by Crippen LogP contribution is 2.27. The van der Waals surface area contributed by atoms with Gasteiger partial charge in [-0.05, 0) is 60.0 Å². The summed E-state index contributed by atoms with van der Waals surface area (Å²) < 4.78 is 31.4. The van der Waals surface area contributed by atoms with Crippen molar-refractivity contribution in [2.24, 2.45) is 5.92 Å². The number of carbonyl (C=O) groups is 2. The molecule has 1 aliphatic rings. The first-order valence-electron chi connectivity index (χ1n) is 13.6. The van der Waals surface area contributed by atoms with Crippen molar-refractivity contribution in [1.82, 2.24) is 9.80 Å². The van der Waals surface area contributed by atoms with Gasteiger partial charge >= 0.3 is 0 Å². The van der Waals surface area contributed by atoms with Gasteiger partial charge in [-0.15, -0.1) is 0 Å². The number of hydrogen-bond donors (Lipinski definition) is 0. The summed E-state index contributed by atoms with van der Waals surface area (Å²) in [5, 5.41) is 0. The summed E-state index contributed by atoms with van der Waals surface area (Å²) in [4.78, 5) is 30.2. The Morgan fingerprint density at radius 2 is 1.62 bits per heavy atom. The third kappa shape index (κ3) is 8.05. The molecule has 0 saturated carbocycles. The lowest BCUT2D eigenvalue weighted by Crippen LogP contribution is -2.58. The van der Waals surface area contributed by atoms with Crippen LogP contribution in [0.25, 0.3) is 0 Å². The Labute approximate surface area is 235 Å². The third-order valence-corrected chi connectivity index (χ3v) is 6.70. The molecule has 1 saturated heterocycles. The Morgan fingerprint density at radius 1 is 0.975 bits per heavy atom. The predicted molar refractivity (Wildman–Crippen MR) is 151 cm³/mol. The van der Waals surface area contributed by atoms with Crippen LogP contribution in [0.5, 0.6) is 11.5 Å². The van der Waals surface area contributed by atoms with Crippen LogP contribution in [0.2, 0.25) is 0 Å². The largest absolute Gasteiger partial charge is 0.493 e. The second kappa shape index (κ2) is 13.4. The molecule has 0 spiro atoms. The van der Waals surface area contributed by atoms with Crippen molar-refractivity contribution in [3.63, 3.8) is 0 Å². The molecule has 7 nitrogen and oxygen atoms in total. The van der Waals surface area contributed by atoms with Gasteiger partial charge in [-0.25, -0.2) is 4.39 Å². The molecule has 1 aliphatic heterocycles. The average molecular weight is 549 g/mol. The topological polar surface area (TPSA) is 68.3 Å². The second-order valence-corrected chi connectivity index (χ2v) is 10.6. The SMILES string of the molecule is CC(C)COc1ccc(C(=O)N2CCO[C@@](COc3ccc(F)cc3)(CC(=O)N(C)Cc3ccccc3)C2)cc1. The van der Waals surface area contributed by atoms with Gasteiger partial charge in [-0.3, -0.25) is 9.59 Å². The van der Waals surface area contributed by atoms with Crippen molar-refractivity contribution in [2.45, 2.75) is 32.4 Å². The molecule has 40 heavy (non-hydrogen) atoms. The Morgan fingerprint density at radius 3 is 2.30 bits per heavy atom. The minimum atomic E-state index is -1.08. The van der Waals surface area contributed by atoms with E-state index in [0.717, 1.165) is 5.56 Å². The van der Waals surface area contributed by atoms with Crippen LogP contribution in [-0.4, -0.2) is 67.2 Å². The van der Waals surface area contributed by atoms with Gasteiger partial charge in [-0.2, -0.15) is 0 Å². The molecule has 0 N–H and O–H groups in total. The molecular weight excluding hydrogens is 511 g/mol. The summed E-state index contributed by atoms with van der Waals surface area (Å²) >= 11 is 0. The van der Waals surface area contributed by atoms with Crippen molar-refractivity contribution in [1.29, 1.82) is 0 Å². The molecule has 0 unspecified atom stereocenters. The van der Waals surface area contributed by atoms with Gasteiger partial charge in [0.05, 0.1) is 26.2 Å². The molecule has 0 radical (unpaired) electrons. The normalized spacial score (nSPS) is 17.0. The van der Waals surface area contributed by atoms with Crippen molar-refractivity contribution in [3.8, 4) is 11.5 Å². The molecule has 1 atom stereocenters. The van der Waals surface area contributed by atoms with Crippen LogP contribution < -0.4 is 9.47 Å². The number of nitrogens with zero attached hydrogens (tertiary/aromatic N) is 2. The number of rotatable bonds is 11. The van der Waals surface area contributed by atoms with Gasteiger partial charge in [0.25, 0.3) is 5.91 Å². The van der Waals surface area contributed by atoms with Gasteiger partial charge in [0, 0.05) is 25.7 Å². The van der Waals surface area contributed by atoms with Crippen molar-refractivity contribution < 1.29 is 28.2 Å². The molecule has 212 valence electrons. The van der Waals surface area contributed by atoms with Crippen LogP contribution in [0.1, 0.15) is 36.2 Å². The Kier molecular flexibility index (Phi) is 9.77. The Balaban J connectivity index is 1.49. The average Bonchev–Trinajstić information content (AvgIpc) is 2.96. The smallest absolute Gasteiger partial charge is 0.254 e. The van der Waals surface area contributed by atoms with E-state index in [9.17, 15) is 14.0 Å². The lowest BCUT2D eigenvalue weighted by molar-refractivity contribution is -0.152. The number of ether oxygens (including phenoxy) is 3. The summed E-state index contributed by atoms with van der Waals surface area (Å²) in [6.45, 7) is 6.03. The van der Waals surface area contributed by atoms with E-state index in [1.807, 2.05) is 30.3 Å². The maximum absolute atomic E-state index is 13.5. The van der Waals surface area contributed by atoms with Crippen LogP contribution in [-0.2, 0) is 16.1 Å². The first-order chi connectivity index (χ1) is 19.2. The van der Waals surface area contributed by atoms with E-state index in [2.05, 4.69) is 13.8 Å². The van der Waals surface area contributed by atoms with Crippen molar-refractivity contribution in [3.05, 3.63) is 95.8 Å². The zero-order valence-corrected chi connectivity index (χ0v) is 23.3. The third-order valence-electron chi connectivity index (χ3n) is 6.70. The van der Waals surface area contributed by atoms with E-state index in [0.29, 0.717) is 42.7 Å². The Hall–Kier alpha value is -3.91. The number of carbonyl (C=O) groups excluding carboxylic acids is 2. The van der Waals surface area contributed by atoms with E-state index in [1.165, 1.54) is 24.3 Å². The fourth-order valence-electron chi connectivity index (χ4n) is 4.50. The van der Waals surface area contributed by atoms with Gasteiger partial charge in [0.2, 0.25) is 5.91 Å². The number of morpholine rings is 1. The van der Waals surface area contributed by atoms with Crippen LogP contribution in [0.4, 0.5) is 4.39 Å². The van der Waals surface area contributed by atoms with Crippen molar-refractivity contribution in [2.75, 3.05) is 40.0 Å². The highest BCUT2D eigenvalue weighted by atomic mass is 19.1. The van der Waals surface area contributed by atoms with Crippen molar-refractivity contribution >= 4 is 11.8 Å².